The fraction of sp³-hybridized carbons (Fsp3) is 0.263. The molecule has 2 rings (SSSR count). The minimum atomic E-state index is -0.308. The van der Waals surface area contributed by atoms with Gasteiger partial charge in [-0.1, -0.05) is 29.8 Å². The molecule has 0 fully saturated rings. The third kappa shape index (κ3) is 6.58. The van der Waals surface area contributed by atoms with Gasteiger partial charge >= 0.3 is 0 Å². The molecule has 4 nitrogen and oxygen atoms in total. The molecule has 0 radical (unpaired) electrons. The molecular formula is C19H21FN2O2S. The molecule has 25 heavy (non-hydrogen) atoms. The predicted molar refractivity (Wildman–Crippen MR) is 100 cm³/mol. The first-order valence-electron chi connectivity index (χ1n) is 7.93. The SMILES string of the molecule is Cc1ccc(NC(=O)CSCC(=O)NC(C)c2ccc(F)cc2)cc1. The van der Waals surface area contributed by atoms with Crippen LogP contribution in [-0.4, -0.2) is 23.3 Å². The van der Waals surface area contributed by atoms with E-state index in [0.29, 0.717) is 0 Å². The fourth-order valence-electron chi connectivity index (χ4n) is 2.19. The number of thioether (sulfide) groups is 1. The van der Waals surface area contributed by atoms with Gasteiger partial charge in [-0.15, -0.1) is 11.8 Å². The van der Waals surface area contributed by atoms with E-state index < -0.39 is 0 Å². The number of rotatable bonds is 7. The zero-order valence-corrected chi connectivity index (χ0v) is 15.0. The minimum Gasteiger partial charge on any atom is -0.349 e. The van der Waals surface area contributed by atoms with Crippen LogP contribution in [-0.2, 0) is 9.59 Å². The van der Waals surface area contributed by atoms with Crippen LogP contribution in [0.2, 0.25) is 0 Å². The Kier molecular flexibility index (Phi) is 7.01. The molecule has 2 N–H and O–H groups in total. The van der Waals surface area contributed by atoms with Crippen molar-refractivity contribution in [3.8, 4) is 0 Å². The quantitative estimate of drug-likeness (QED) is 0.792. The third-order valence-electron chi connectivity index (χ3n) is 3.55. The second kappa shape index (κ2) is 9.22. The standard InChI is InChI=1S/C19H21FN2O2S/c1-13-3-9-17(10-4-13)22-19(24)12-25-11-18(23)21-14(2)15-5-7-16(20)8-6-15/h3-10,14H,11-12H2,1-2H3,(H,21,23)(H,22,24). The van der Waals surface area contributed by atoms with Crippen LogP contribution in [0.15, 0.2) is 48.5 Å². The maximum Gasteiger partial charge on any atom is 0.234 e. The van der Waals surface area contributed by atoms with E-state index in [4.69, 9.17) is 0 Å². The smallest absolute Gasteiger partial charge is 0.234 e. The summed E-state index contributed by atoms with van der Waals surface area (Å²) in [6.45, 7) is 3.81. The molecular weight excluding hydrogens is 339 g/mol. The maximum absolute atomic E-state index is 12.9. The molecule has 1 atom stereocenters. The summed E-state index contributed by atoms with van der Waals surface area (Å²) in [7, 11) is 0. The molecule has 6 heteroatoms. The van der Waals surface area contributed by atoms with E-state index in [1.807, 2.05) is 38.1 Å². The van der Waals surface area contributed by atoms with Gasteiger partial charge in [0.25, 0.3) is 0 Å². The lowest BCUT2D eigenvalue weighted by Crippen LogP contribution is -2.28. The van der Waals surface area contributed by atoms with Gasteiger partial charge in [0, 0.05) is 5.69 Å². The van der Waals surface area contributed by atoms with Crippen LogP contribution >= 0.6 is 11.8 Å². The molecule has 1 unspecified atom stereocenters. The van der Waals surface area contributed by atoms with Crippen LogP contribution in [0.4, 0.5) is 10.1 Å². The highest BCUT2D eigenvalue weighted by Gasteiger charge is 2.11. The van der Waals surface area contributed by atoms with E-state index in [2.05, 4.69) is 10.6 Å². The van der Waals surface area contributed by atoms with Crippen molar-refractivity contribution in [3.05, 3.63) is 65.5 Å². The van der Waals surface area contributed by atoms with E-state index in [1.54, 1.807) is 12.1 Å². The van der Waals surface area contributed by atoms with E-state index in [9.17, 15) is 14.0 Å². The summed E-state index contributed by atoms with van der Waals surface area (Å²) in [4.78, 5) is 23.8. The molecule has 0 saturated heterocycles. The highest BCUT2D eigenvalue weighted by atomic mass is 32.2. The number of nitrogens with one attached hydrogen (secondary N) is 2. The minimum absolute atomic E-state index is 0.145. The average molecular weight is 360 g/mol. The molecule has 2 aromatic carbocycles. The molecule has 132 valence electrons. The molecule has 0 saturated carbocycles. The largest absolute Gasteiger partial charge is 0.349 e. The van der Waals surface area contributed by atoms with Gasteiger partial charge in [-0.2, -0.15) is 0 Å². The number of hydrogen-bond acceptors (Lipinski definition) is 3. The van der Waals surface area contributed by atoms with Crippen molar-refractivity contribution >= 4 is 29.3 Å². The number of carbonyl (C=O) groups excluding carboxylic acids is 2. The Balaban J connectivity index is 1.70. The van der Waals surface area contributed by atoms with Gasteiger partial charge in [-0.3, -0.25) is 9.59 Å². The van der Waals surface area contributed by atoms with E-state index in [1.165, 1.54) is 23.9 Å². The first-order valence-corrected chi connectivity index (χ1v) is 9.08. The summed E-state index contributed by atoms with van der Waals surface area (Å²) in [6, 6.07) is 13.3. The molecule has 0 aromatic heterocycles. The Hall–Kier alpha value is -2.34. The van der Waals surface area contributed by atoms with Crippen molar-refractivity contribution in [3.63, 3.8) is 0 Å². The van der Waals surface area contributed by atoms with Crippen molar-refractivity contribution in [1.82, 2.24) is 5.32 Å². The van der Waals surface area contributed by atoms with Crippen molar-refractivity contribution in [1.29, 1.82) is 0 Å². The normalized spacial score (nSPS) is 11.6. The number of carbonyl (C=O) groups is 2. The number of amides is 2. The van der Waals surface area contributed by atoms with E-state index in [0.717, 1.165) is 16.8 Å². The number of hydrogen-bond donors (Lipinski definition) is 2. The topological polar surface area (TPSA) is 58.2 Å². The lowest BCUT2D eigenvalue weighted by atomic mass is 10.1. The van der Waals surface area contributed by atoms with Gasteiger partial charge in [0.2, 0.25) is 11.8 Å². The first kappa shape index (κ1) is 19.0. The molecule has 0 aliphatic heterocycles. The van der Waals surface area contributed by atoms with Crippen LogP contribution < -0.4 is 10.6 Å². The number of benzene rings is 2. The molecule has 2 aromatic rings. The number of anilines is 1. The van der Waals surface area contributed by atoms with Gasteiger partial charge in [0.05, 0.1) is 17.5 Å². The van der Waals surface area contributed by atoms with Crippen LogP contribution in [0, 0.1) is 12.7 Å². The second-order valence-electron chi connectivity index (χ2n) is 5.75. The van der Waals surface area contributed by atoms with Crippen molar-refractivity contribution in [2.75, 3.05) is 16.8 Å². The number of aryl methyl sites for hydroxylation is 1. The molecule has 0 spiro atoms. The molecule has 0 aliphatic rings. The first-order chi connectivity index (χ1) is 11.9. The van der Waals surface area contributed by atoms with Crippen LogP contribution in [0.1, 0.15) is 24.1 Å². The molecule has 0 bridgehead atoms. The van der Waals surface area contributed by atoms with E-state index in [-0.39, 0.29) is 35.2 Å². The highest BCUT2D eigenvalue weighted by Crippen LogP contribution is 2.13. The average Bonchev–Trinajstić information content (AvgIpc) is 2.57. The van der Waals surface area contributed by atoms with Crippen LogP contribution in [0.25, 0.3) is 0 Å². The Bertz CT molecular complexity index is 717. The molecule has 2 amide bonds. The van der Waals surface area contributed by atoms with Gasteiger partial charge in [0.1, 0.15) is 5.82 Å². The van der Waals surface area contributed by atoms with Crippen molar-refractivity contribution in [2.24, 2.45) is 0 Å². The summed E-state index contributed by atoms with van der Waals surface area (Å²) >= 11 is 1.25. The lowest BCUT2D eigenvalue weighted by Gasteiger charge is -2.14. The maximum atomic E-state index is 12.9. The fourth-order valence-corrected chi connectivity index (χ4v) is 2.82. The summed E-state index contributed by atoms with van der Waals surface area (Å²) < 4.78 is 12.9. The summed E-state index contributed by atoms with van der Waals surface area (Å²) in [6.07, 6.45) is 0. The predicted octanol–water partition coefficient (Wildman–Crippen LogP) is 3.68. The van der Waals surface area contributed by atoms with Crippen LogP contribution in [0.3, 0.4) is 0 Å². The zero-order valence-electron chi connectivity index (χ0n) is 14.2. The summed E-state index contributed by atoms with van der Waals surface area (Å²) in [5.74, 6) is -0.227. The number of halogens is 1. The summed E-state index contributed by atoms with van der Waals surface area (Å²) in [5.41, 5.74) is 2.70. The van der Waals surface area contributed by atoms with Gasteiger partial charge in [-0.05, 0) is 43.7 Å². The van der Waals surface area contributed by atoms with Gasteiger partial charge in [-0.25, -0.2) is 4.39 Å². The zero-order chi connectivity index (χ0) is 18.2. The molecule has 0 aliphatic carbocycles. The Morgan fingerprint density at radius 1 is 1.00 bits per heavy atom. The van der Waals surface area contributed by atoms with E-state index >= 15 is 0 Å². The summed E-state index contributed by atoms with van der Waals surface area (Å²) in [5, 5.41) is 5.62. The Morgan fingerprint density at radius 2 is 1.60 bits per heavy atom. The Labute approximate surface area is 151 Å². The Morgan fingerprint density at radius 3 is 2.24 bits per heavy atom. The van der Waals surface area contributed by atoms with Crippen molar-refractivity contribution in [2.45, 2.75) is 19.9 Å². The van der Waals surface area contributed by atoms with Gasteiger partial charge < -0.3 is 10.6 Å². The lowest BCUT2D eigenvalue weighted by molar-refractivity contribution is -0.119. The third-order valence-corrected chi connectivity index (χ3v) is 4.48. The van der Waals surface area contributed by atoms with Crippen molar-refractivity contribution < 1.29 is 14.0 Å². The highest BCUT2D eigenvalue weighted by molar-refractivity contribution is 8.00. The van der Waals surface area contributed by atoms with Crippen LogP contribution in [0.5, 0.6) is 0 Å². The second-order valence-corrected chi connectivity index (χ2v) is 6.73. The van der Waals surface area contributed by atoms with Gasteiger partial charge in [0.15, 0.2) is 0 Å². The monoisotopic (exact) mass is 360 g/mol. The molecule has 0 heterocycles.